The molecule has 1 heterocycles. The zero-order chi connectivity index (χ0) is 13.3. The molecule has 18 heavy (non-hydrogen) atoms. The first-order valence-corrected chi connectivity index (χ1v) is 7.16. The van der Waals surface area contributed by atoms with Gasteiger partial charge in [-0.2, -0.15) is 0 Å². The molecule has 0 saturated carbocycles. The summed E-state index contributed by atoms with van der Waals surface area (Å²) in [7, 11) is 0. The minimum absolute atomic E-state index is 0.186. The van der Waals surface area contributed by atoms with Gasteiger partial charge in [-0.25, -0.2) is 0 Å². The first-order chi connectivity index (χ1) is 8.54. The van der Waals surface area contributed by atoms with Crippen LogP contribution in [0.2, 0.25) is 0 Å². The van der Waals surface area contributed by atoms with E-state index in [0.29, 0.717) is 11.4 Å². The first kappa shape index (κ1) is 13.4. The third-order valence-electron chi connectivity index (χ3n) is 2.78. The van der Waals surface area contributed by atoms with Crippen molar-refractivity contribution in [2.75, 3.05) is 6.54 Å². The molecule has 0 N–H and O–H groups in total. The summed E-state index contributed by atoms with van der Waals surface area (Å²) in [6.45, 7) is 4.09. The van der Waals surface area contributed by atoms with E-state index in [2.05, 4.69) is 15.9 Å². The fourth-order valence-electron chi connectivity index (χ4n) is 1.73. The van der Waals surface area contributed by atoms with Gasteiger partial charge in [0.05, 0.1) is 4.91 Å². The van der Waals surface area contributed by atoms with E-state index in [1.807, 2.05) is 31.2 Å². The summed E-state index contributed by atoms with van der Waals surface area (Å²) < 4.78 is 0.987. The van der Waals surface area contributed by atoms with Gasteiger partial charge in [-0.3, -0.25) is 14.5 Å². The number of imide groups is 1. The average molecular weight is 326 g/mol. The Hall–Kier alpha value is -1.07. The van der Waals surface area contributed by atoms with Crippen LogP contribution < -0.4 is 0 Å². The lowest BCUT2D eigenvalue weighted by Gasteiger charge is -2.08. The van der Waals surface area contributed by atoms with E-state index < -0.39 is 0 Å². The second-order valence-corrected chi connectivity index (χ2v) is 5.76. The molecule has 0 aliphatic carbocycles. The summed E-state index contributed by atoms with van der Waals surface area (Å²) in [6.07, 6.45) is 0. The van der Waals surface area contributed by atoms with Gasteiger partial charge in [-0.15, -0.1) is 0 Å². The maximum absolute atomic E-state index is 12.0. The molecule has 1 saturated heterocycles. The highest BCUT2D eigenvalue weighted by Crippen LogP contribution is 2.36. The Morgan fingerprint density at radius 3 is 2.39 bits per heavy atom. The summed E-state index contributed by atoms with van der Waals surface area (Å²) in [5.41, 5.74) is 1.81. The quantitative estimate of drug-likeness (QED) is 0.774. The molecule has 5 heteroatoms. The van der Waals surface area contributed by atoms with Crippen molar-refractivity contribution in [1.29, 1.82) is 0 Å². The van der Waals surface area contributed by atoms with Crippen molar-refractivity contribution in [3.05, 3.63) is 39.2 Å². The highest BCUT2D eigenvalue weighted by Gasteiger charge is 2.35. The summed E-state index contributed by atoms with van der Waals surface area (Å²) in [5, 5.41) is -0.186. The first-order valence-electron chi connectivity index (χ1n) is 5.55. The standard InChI is InChI=1S/C13H12BrNO2S/c1-3-15-12(16)11(18-13(15)17)8(2)9-4-6-10(14)7-5-9/h4-7H,3H2,1-2H3/b11-8-. The van der Waals surface area contributed by atoms with Crippen molar-refractivity contribution < 1.29 is 9.59 Å². The lowest BCUT2D eigenvalue weighted by atomic mass is 10.1. The molecule has 0 atom stereocenters. The van der Waals surface area contributed by atoms with Gasteiger partial charge in [-0.05, 0) is 48.9 Å². The lowest BCUT2D eigenvalue weighted by Crippen LogP contribution is -2.27. The molecule has 2 rings (SSSR count). The molecule has 2 amide bonds. The Morgan fingerprint density at radius 1 is 1.28 bits per heavy atom. The maximum Gasteiger partial charge on any atom is 0.293 e. The molecule has 94 valence electrons. The number of hydrogen-bond donors (Lipinski definition) is 0. The number of amides is 2. The van der Waals surface area contributed by atoms with Gasteiger partial charge in [0.15, 0.2) is 0 Å². The molecule has 0 bridgehead atoms. The van der Waals surface area contributed by atoms with Gasteiger partial charge < -0.3 is 0 Å². The number of rotatable bonds is 2. The normalized spacial score (nSPS) is 18.5. The van der Waals surface area contributed by atoms with Crippen LogP contribution >= 0.6 is 27.7 Å². The number of hydrogen-bond acceptors (Lipinski definition) is 3. The van der Waals surface area contributed by atoms with Crippen LogP contribution in [0, 0.1) is 0 Å². The minimum atomic E-state index is -0.187. The molecule has 0 aromatic heterocycles. The van der Waals surface area contributed by atoms with Gasteiger partial charge in [0.25, 0.3) is 11.1 Å². The topological polar surface area (TPSA) is 37.4 Å². The number of thioether (sulfide) groups is 1. The Balaban J connectivity index is 2.40. The van der Waals surface area contributed by atoms with Crippen molar-refractivity contribution in [1.82, 2.24) is 4.90 Å². The van der Waals surface area contributed by atoms with Gasteiger partial charge in [0.2, 0.25) is 0 Å². The number of benzene rings is 1. The third-order valence-corrected chi connectivity index (χ3v) is 4.39. The second-order valence-electron chi connectivity index (χ2n) is 3.88. The average Bonchev–Trinajstić information content (AvgIpc) is 2.64. The van der Waals surface area contributed by atoms with Crippen molar-refractivity contribution in [2.45, 2.75) is 13.8 Å². The van der Waals surface area contributed by atoms with E-state index >= 15 is 0 Å². The molecule has 3 nitrogen and oxygen atoms in total. The van der Waals surface area contributed by atoms with Crippen LogP contribution in [-0.2, 0) is 4.79 Å². The SMILES string of the molecule is CCN1C(=O)S/C(=C(/C)c2ccc(Br)cc2)C1=O. The number of carbonyl (C=O) groups excluding carboxylic acids is 2. The van der Waals surface area contributed by atoms with Crippen molar-refractivity contribution in [3.63, 3.8) is 0 Å². The lowest BCUT2D eigenvalue weighted by molar-refractivity contribution is -0.122. The molecule has 1 aliphatic rings. The predicted molar refractivity (Wildman–Crippen MR) is 77.1 cm³/mol. The number of nitrogens with zero attached hydrogens (tertiary/aromatic N) is 1. The predicted octanol–water partition coefficient (Wildman–Crippen LogP) is 3.90. The molecular weight excluding hydrogens is 314 g/mol. The van der Waals surface area contributed by atoms with Crippen molar-refractivity contribution in [3.8, 4) is 0 Å². The number of likely N-dealkylation sites (N-methyl/N-ethyl adjacent to an activating group) is 1. The van der Waals surface area contributed by atoms with Gasteiger partial charge in [0, 0.05) is 11.0 Å². The van der Waals surface area contributed by atoms with E-state index in [0.717, 1.165) is 27.4 Å². The van der Waals surface area contributed by atoms with E-state index in [4.69, 9.17) is 0 Å². The van der Waals surface area contributed by atoms with Crippen LogP contribution in [0.5, 0.6) is 0 Å². The van der Waals surface area contributed by atoms with Crippen LogP contribution in [0.3, 0.4) is 0 Å². The number of halogens is 1. The molecule has 0 radical (unpaired) electrons. The Kier molecular flexibility index (Phi) is 3.92. The highest BCUT2D eigenvalue weighted by molar-refractivity contribution is 9.10. The van der Waals surface area contributed by atoms with Gasteiger partial charge >= 0.3 is 0 Å². The molecular formula is C13H12BrNO2S. The molecule has 1 aliphatic heterocycles. The van der Waals surface area contributed by atoms with E-state index in [9.17, 15) is 9.59 Å². The van der Waals surface area contributed by atoms with Gasteiger partial charge in [0.1, 0.15) is 0 Å². The zero-order valence-corrected chi connectivity index (χ0v) is 12.5. The maximum atomic E-state index is 12.0. The molecule has 1 fully saturated rings. The summed E-state index contributed by atoms with van der Waals surface area (Å²) in [4.78, 5) is 25.5. The molecule has 0 spiro atoms. The summed E-state index contributed by atoms with van der Waals surface area (Å²) in [5.74, 6) is -0.187. The van der Waals surface area contributed by atoms with Crippen molar-refractivity contribution >= 4 is 44.4 Å². The molecule has 1 aromatic carbocycles. The fourth-order valence-corrected chi connectivity index (χ4v) is 2.96. The zero-order valence-electron chi connectivity index (χ0n) is 10.1. The van der Waals surface area contributed by atoms with Crippen molar-refractivity contribution in [2.24, 2.45) is 0 Å². The van der Waals surface area contributed by atoms with Gasteiger partial charge in [-0.1, -0.05) is 28.1 Å². The fraction of sp³-hybridized carbons (Fsp3) is 0.231. The molecule has 0 unspecified atom stereocenters. The van der Waals surface area contributed by atoms with Crippen LogP contribution in [-0.4, -0.2) is 22.6 Å². The number of carbonyl (C=O) groups is 2. The van der Waals surface area contributed by atoms with Crippen LogP contribution in [0.4, 0.5) is 4.79 Å². The Bertz CT molecular complexity index is 536. The Labute approximate surface area is 118 Å². The van der Waals surface area contributed by atoms with E-state index in [1.165, 1.54) is 4.90 Å². The second kappa shape index (κ2) is 5.28. The number of allylic oxidation sites excluding steroid dienone is 1. The highest BCUT2D eigenvalue weighted by atomic mass is 79.9. The van der Waals surface area contributed by atoms with Crippen LogP contribution in [0.1, 0.15) is 19.4 Å². The summed E-state index contributed by atoms with van der Waals surface area (Å²) in [6, 6.07) is 7.70. The Morgan fingerprint density at radius 2 is 1.89 bits per heavy atom. The largest absolute Gasteiger partial charge is 0.293 e. The smallest absolute Gasteiger partial charge is 0.269 e. The van der Waals surface area contributed by atoms with Crippen LogP contribution in [0.25, 0.3) is 5.57 Å². The monoisotopic (exact) mass is 325 g/mol. The van der Waals surface area contributed by atoms with Crippen LogP contribution in [0.15, 0.2) is 33.6 Å². The third kappa shape index (κ3) is 2.37. The summed E-state index contributed by atoms with van der Waals surface area (Å²) >= 11 is 4.39. The molecule has 1 aromatic rings. The minimum Gasteiger partial charge on any atom is -0.269 e. The van der Waals surface area contributed by atoms with E-state index in [-0.39, 0.29) is 11.1 Å². The van der Waals surface area contributed by atoms with E-state index in [1.54, 1.807) is 6.92 Å².